The highest BCUT2D eigenvalue weighted by Crippen LogP contribution is 2.21. The normalized spacial score (nSPS) is 18.3. The first-order valence-corrected chi connectivity index (χ1v) is 9.74. The lowest BCUT2D eigenvalue weighted by Crippen LogP contribution is -2.50. The maximum atomic E-state index is 13.1. The predicted octanol–water partition coefficient (Wildman–Crippen LogP) is 4.18. The third-order valence-electron chi connectivity index (χ3n) is 5.15. The molecule has 1 saturated heterocycles. The molecular formula is C23H29FN2O. The van der Waals surface area contributed by atoms with Crippen LogP contribution >= 0.6 is 0 Å². The van der Waals surface area contributed by atoms with E-state index >= 15 is 0 Å². The molecule has 3 nitrogen and oxygen atoms in total. The summed E-state index contributed by atoms with van der Waals surface area (Å²) in [5.41, 5.74) is 2.03. The smallest absolute Gasteiger partial charge is 0.224 e. The van der Waals surface area contributed by atoms with Crippen LogP contribution in [0, 0.1) is 11.7 Å². The van der Waals surface area contributed by atoms with Gasteiger partial charge in [-0.2, -0.15) is 0 Å². The molecule has 1 unspecified atom stereocenters. The molecule has 2 aromatic rings. The Kier molecular flexibility index (Phi) is 6.27. The van der Waals surface area contributed by atoms with Crippen LogP contribution in [0.1, 0.15) is 37.8 Å². The summed E-state index contributed by atoms with van der Waals surface area (Å²) < 4.78 is 13.1. The number of benzene rings is 2. The Hall–Kier alpha value is -2.20. The van der Waals surface area contributed by atoms with Crippen LogP contribution in [0.2, 0.25) is 0 Å². The van der Waals surface area contributed by atoms with Crippen LogP contribution in [0.15, 0.2) is 54.6 Å². The highest BCUT2D eigenvalue weighted by Gasteiger charge is 2.29. The van der Waals surface area contributed by atoms with Gasteiger partial charge >= 0.3 is 0 Å². The average molecular weight is 368 g/mol. The van der Waals surface area contributed by atoms with E-state index in [1.807, 2.05) is 30.3 Å². The van der Waals surface area contributed by atoms with Crippen molar-refractivity contribution in [2.24, 2.45) is 5.92 Å². The average Bonchev–Trinajstić information content (AvgIpc) is 2.64. The molecule has 1 fully saturated rings. The van der Waals surface area contributed by atoms with Crippen molar-refractivity contribution in [1.82, 2.24) is 10.2 Å². The fraction of sp³-hybridized carbons (Fsp3) is 0.435. The number of amides is 1. The third-order valence-corrected chi connectivity index (χ3v) is 5.15. The summed E-state index contributed by atoms with van der Waals surface area (Å²) in [5, 5.41) is 3.25. The van der Waals surface area contributed by atoms with E-state index in [4.69, 9.17) is 0 Å². The molecule has 1 amide bonds. The van der Waals surface area contributed by atoms with Gasteiger partial charge < -0.3 is 5.32 Å². The van der Waals surface area contributed by atoms with E-state index in [0.717, 1.165) is 44.5 Å². The number of carbonyl (C=O) groups excluding carboxylic acids is 1. The lowest BCUT2D eigenvalue weighted by molar-refractivity contribution is -0.128. The molecule has 4 heteroatoms. The minimum absolute atomic E-state index is 0.00856. The molecule has 2 aromatic carbocycles. The number of rotatable bonds is 6. The third kappa shape index (κ3) is 5.90. The van der Waals surface area contributed by atoms with Crippen molar-refractivity contribution in [3.05, 3.63) is 71.5 Å². The van der Waals surface area contributed by atoms with Gasteiger partial charge in [0.05, 0.1) is 5.92 Å². The van der Waals surface area contributed by atoms with E-state index < -0.39 is 0 Å². The molecule has 27 heavy (non-hydrogen) atoms. The maximum absolute atomic E-state index is 13.1. The van der Waals surface area contributed by atoms with Crippen LogP contribution in [0.3, 0.4) is 0 Å². The summed E-state index contributed by atoms with van der Waals surface area (Å²) >= 11 is 0. The SMILES string of the molecule is CC(C)(Cc1ccccc1)NC(=O)C1CCCN(Cc2ccc(F)cc2)C1. The highest BCUT2D eigenvalue weighted by molar-refractivity contribution is 5.79. The molecule has 0 saturated carbocycles. The van der Waals surface area contributed by atoms with E-state index in [2.05, 4.69) is 36.2 Å². The Balaban J connectivity index is 1.55. The monoisotopic (exact) mass is 368 g/mol. The van der Waals surface area contributed by atoms with E-state index in [9.17, 15) is 9.18 Å². The van der Waals surface area contributed by atoms with Crippen molar-refractivity contribution in [2.45, 2.75) is 45.2 Å². The molecule has 1 N–H and O–H groups in total. The van der Waals surface area contributed by atoms with Gasteiger partial charge in [0.1, 0.15) is 5.82 Å². The summed E-state index contributed by atoms with van der Waals surface area (Å²) in [7, 11) is 0. The molecule has 1 aliphatic heterocycles. The summed E-state index contributed by atoms with van der Waals surface area (Å²) in [4.78, 5) is 15.2. The minimum atomic E-state index is -0.280. The standard InChI is InChI=1S/C23H29FN2O/c1-23(2,15-18-7-4-3-5-8-18)25-22(27)20-9-6-14-26(17-20)16-19-10-12-21(24)13-11-19/h3-5,7-8,10-13,20H,6,9,14-17H2,1-2H3,(H,25,27). The molecule has 144 valence electrons. The number of piperidine rings is 1. The van der Waals surface area contributed by atoms with E-state index in [-0.39, 0.29) is 23.2 Å². The Bertz CT molecular complexity index is 743. The molecule has 1 aliphatic rings. The van der Waals surface area contributed by atoms with Gasteiger partial charge in [0.15, 0.2) is 0 Å². The molecule has 0 radical (unpaired) electrons. The van der Waals surface area contributed by atoms with Gasteiger partial charge in [-0.25, -0.2) is 4.39 Å². The molecule has 0 spiro atoms. The molecule has 1 atom stereocenters. The Labute approximate surface area is 161 Å². The second-order valence-corrected chi connectivity index (χ2v) is 8.24. The quantitative estimate of drug-likeness (QED) is 0.830. The number of nitrogens with one attached hydrogen (secondary N) is 1. The zero-order valence-corrected chi connectivity index (χ0v) is 16.2. The Morgan fingerprint density at radius 3 is 2.52 bits per heavy atom. The highest BCUT2D eigenvalue weighted by atomic mass is 19.1. The topological polar surface area (TPSA) is 32.3 Å². The Morgan fingerprint density at radius 2 is 1.81 bits per heavy atom. The largest absolute Gasteiger partial charge is 0.351 e. The van der Waals surface area contributed by atoms with E-state index in [0.29, 0.717) is 0 Å². The second-order valence-electron chi connectivity index (χ2n) is 8.24. The predicted molar refractivity (Wildman–Crippen MR) is 107 cm³/mol. The molecule has 3 rings (SSSR count). The van der Waals surface area contributed by atoms with Crippen LogP contribution in [0.4, 0.5) is 4.39 Å². The van der Waals surface area contributed by atoms with Crippen molar-refractivity contribution in [1.29, 1.82) is 0 Å². The minimum Gasteiger partial charge on any atom is -0.351 e. The van der Waals surface area contributed by atoms with E-state index in [1.165, 1.54) is 17.7 Å². The number of hydrogen-bond acceptors (Lipinski definition) is 2. The number of halogens is 1. The number of nitrogens with zero attached hydrogens (tertiary/aromatic N) is 1. The van der Waals surface area contributed by atoms with Gasteiger partial charge in [0, 0.05) is 18.6 Å². The van der Waals surface area contributed by atoms with Crippen molar-refractivity contribution in [3.8, 4) is 0 Å². The second kappa shape index (κ2) is 8.66. The Morgan fingerprint density at radius 1 is 1.11 bits per heavy atom. The number of hydrogen-bond donors (Lipinski definition) is 1. The first-order chi connectivity index (χ1) is 12.9. The zero-order chi connectivity index (χ0) is 19.3. The maximum Gasteiger partial charge on any atom is 0.224 e. The van der Waals surface area contributed by atoms with Crippen molar-refractivity contribution in [3.63, 3.8) is 0 Å². The van der Waals surface area contributed by atoms with Crippen molar-refractivity contribution in [2.75, 3.05) is 13.1 Å². The van der Waals surface area contributed by atoms with Gasteiger partial charge in [0.2, 0.25) is 5.91 Å². The molecule has 1 heterocycles. The van der Waals surface area contributed by atoms with Gasteiger partial charge in [-0.05, 0) is 62.9 Å². The van der Waals surface area contributed by atoms with Gasteiger partial charge in [0.25, 0.3) is 0 Å². The number of carbonyl (C=O) groups is 1. The fourth-order valence-electron chi connectivity index (χ4n) is 3.85. The van der Waals surface area contributed by atoms with Crippen LogP contribution < -0.4 is 5.32 Å². The van der Waals surface area contributed by atoms with Crippen LogP contribution in [0.25, 0.3) is 0 Å². The summed E-state index contributed by atoms with van der Waals surface area (Å²) in [5.74, 6) is -0.0655. The van der Waals surface area contributed by atoms with Crippen LogP contribution in [-0.2, 0) is 17.8 Å². The lowest BCUT2D eigenvalue weighted by Gasteiger charge is -2.35. The number of likely N-dealkylation sites (tertiary alicyclic amines) is 1. The molecule has 0 aliphatic carbocycles. The first-order valence-electron chi connectivity index (χ1n) is 9.74. The van der Waals surface area contributed by atoms with Crippen LogP contribution in [-0.4, -0.2) is 29.4 Å². The van der Waals surface area contributed by atoms with Crippen LogP contribution in [0.5, 0.6) is 0 Å². The summed E-state index contributed by atoms with van der Waals surface area (Å²) in [6, 6.07) is 16.9. The summed E-state index contributed by atoms with van der Waals surface area (Å²) in [6.07, 6.45) is 2.75. The molecule has 0 aromatic heterocycles. The molecular weight excluding hydrogens is 339 g/mol. The fourth-order valence-corrected chi connectivity index (χ4v) is 3.85. The van der Waals surface area contributed by atoms with E-state index in [1.54, 1.807) is 0 Å². The zero-order valence-electron chi connectivity index (χ0n) is 16.2. The van der Waals surface area contributed by atoms with Crippen molar-refractivity contribution < 1.29 is 9.18 Å². The first kappa shape index (κ1) is 19.6. The summed E-state index contributed by atoms with van der Waals surface area (Å²) in [6.45, 7) is 6.66. The lowest BCUT2D eigenvalue weighted by atomic mass is 9.91. The van der Waals surface area contributed by atoms with Gasteiger partial charge in [-0.1, -0.05) is 42.5 Å². The van der Waals surface area contributed by atoms with Crippen molar-refractivity contribution >= 4 is 5.91 Å². The van der Waals surface area contributed by atoms with Gasteiger partial charge in [-0.15, -0.1) is 0 Å². The molecule has 0 bridgehead atoms. The van der Waals surface area contributed by atoms with Gasteiger partial charge in [-0.3, -0.25) is 9.69 Å².